The maximum atomic E-state index is 11.5. The van der Waals surface area contributed by atoms with E-state index in [-0.39, 0.29) is 6.42 Å². The Morgan fingerprint density at radius 1 is 1.19 bits per heavy atom. The molecule has 0 aromatic carbocycles. The summed E-state index contributed by atoms with van der Waals surface area (Å²) in [4.78, 5) is 22.2. The summed E-state index contributed by atoms with van der Waals surface area (Å²) in [6.07, 6.45) is 4.90. The Balaban J connectivity index is 3.99. The van der Waals surface area contributed by atoms with Gasteiger partial charge >= 0.3 is 5.97 Å². The van der Waals surface area contributed by atoms with Crippen LogP contribution in [0.5, 0.6) is 0 Å². The number of hydrogen-bond acceptors (Lipinski definition) is 4. The Morgan fingerprint density at radius 3 is 2.19 bits per heavy atom. The van der Waals surface area contributed by atoms with Gasteiger partial charge in [0.15, 0.2) is 11.3 Å². The van der Waals surface area contributed by atoms with Crippen molar-refractivity contribution in [2.24, 2.45) is 5.73 Å². The van der Waals surface area contributed by atoms with E-state index >= 15 is 0 Å². The monoisotopic (exact) mass is 231 g/mol. The second-order valence-corrected chi connectivity index (χ2v) is 4.02. The van der Waals surface area contributed by atoms with E-state index < -0.39 is 23.9 Å². The fraction of sp³-hybridized carbons (Fsp3) is 0.818. The van der Waals surface area contributed by atoms with Crippen LogP contribution in [0, 0.1) is 0 Å². The molecule has 0 radical (unpaired) electrons. The zero-order valence-electron chi connectivity index (χ0n) is 9.74. The number of hydrogen-bond donors (Lipinski definition) is 3. The number of Topliss-reactive ketones (excluding diaryl/α,β-unsaturated/α-hetero) is 1. The second-order valence-electron chi connectivity index (χ2n) is 4.02. The lowest BCUT2D eigenvalue weighted by molar-refractivity contribution is -0.150. The molecule has 1 atom stereocenters. The van der Waals surface area contributed by atoms with Crippen LogP contribution in [-0.2, 0) is 9.59 Å². The van der Waals surface area contributed by atoms with E-state index in [1.54, 1.807) is 0 Å². The Kier molecular flexibility index (Phi) is 6.92. The molecule has 0 aromatic heterocycles. The Labute approximate surface area is 95.6 Å². The third-order valence-corrected chi connectivity index (χ3v) is 2.64. The number of carboxylic acid groups (broad SMARTS) is 1. The largest absolute Gasteiger partial charge is 0.479 e. The molecule has 0 fully saturated rings. The maximum absolute atomic E-state index is 11.5. The highest BCUT2D eigenvalue weighted by Gasteiger charge is 2.40. The second kappa shape index (κ2) is 7.35. The molecular weight excluding hydrogens is 210 g/mol. The van der Waals surface area contributed by atoms with Crippen LogP contribution in [0.3, 0.4) is 0 Å². The molecule has 5 heteroatoms. The third kappa shape index (κ3) is 4.28. The Hall–Kier alpha value is -0.940. The standard InChI is InChI=1S/C11H21NO4/c1-2-3-4-5-6-7-9(14)11(12,8-13)10(15)16/h13H,2-8,12H2,1H3,(H,15,16)/t11-/m0/s1. The predicted octanol–water partition coefficient (Wildman–Crippen LogP) is 0.690. The molecule has 0 saturated heterocycles. The van der Waals surface area contributed by atoms with Gasteiger partial charge in [0.2, 0.25) is 0 Å². The van der Waals surface area contributed by atoms with Gasteiger partial charge in [0.05, 0.1) is 6.61 Å². The summed E-state index contributed by atoms with van der Waals surface area (Å²) in [6.45, 7) is 1.24. The van der Waals surface area contributed by atoms with Gasteiger partial charge in [-0.2, -0.15) is 0 Å². The molecule has 0 bridgehead atoms. The van der Waals surface area contributed by atoms with Crippen LogP contribution >= 0.6 is 0 Å². The van der Waals surface area contributed by atoms with E-state index in [0.29, 0.717) is 6.42 Å². The van der Waals surface area contributed by atoms with Crippen molar-refractivity contribution in [1.29, 1.82) is 0 Å². The van der Waals surface area contributed by atoms with E-state index in [2.05, 4.69) is 6.92 Å². The third-order valence-electron chi connectivity index (χ3n) is 2.64. The first kappa shape index (κ1) is 15.1. The van der Waals surface area contributed by atoms with E-state index in [1.165, 1.54) is 0 Å². The number of carbonyl (C=O) groups is 2. The first-order valence-electron chi connectivity index (χ1n) is 5.65. The fourth-order valence-electron chi connectivity index (χ4n) is 1.39. The van der Waals surface area contributed by atoms with Crippen molar-refractivity contribution in [2.75, 3.05) is 6.61 Å². The first-order chi connectivity index (χ1) is 7.49. The number of rotatable bonds is 9. The Bertz CT molecular complexity index is 242. The molecular formula is C11H21NO4. The van der Waals surface area contributed by atoms with Crippen LogP contribution in [0.15, 0.2) is 0 Å². The predicted molar refractivity (Wildman–Crippen MR) is 60.0 cm³/mol. The summed E-state index contributed by atoms with van der Waals surface area (Å²) in [5.74, 6) is -2.06. The van der Waals surface area contributed by atoms with Crippen molar-refractivity contribution in [3.05, 3.63) is 0 Å². The average Bonchev–Trinajstić information content (AvgIpc) is 2.27. The zero-order chi connectivity index (χ0) is 12.6. The van der Waals surface area contributed by atoms with Crippen LogP contribution < -0.4 is 5.73 Å². The minimum atomic E-state index is -2.12. The van der Waals surface area contributed by atoms with Gasteiger partial charge in [-0.15, -0.1) is 0 Å². The molecule has 5 nitrogen and oxygen atoms in total. The molecule has 0 spiro atoms. The van der Waals surface area contributed by atoms with Gasteiger partial charge in [-0.3, -0.25) is 4.79 Å². The highest BCUT2D eigenvalue weighted by molar-refractivity contribution is 6.07. The smallest absolute Gasteiger partial charge is 0.333 e. The first-order valence-corrected chi connectivity index (χ1v) is 5.65. The number of ketones is 1. The van der Waals surface area contributed by atoms with Crippen LogP contribution in [0.25, 0.3) is 0 Å². The van der Waals surface area contributed by atoms with Crippen LogP contribution in [-0.4, -0.2) is 34.1 Å². The van der Waals surface area contributed by atoms with E-state index in [0.717, 1.165) is 25.7 Å². The van der Waals surface area contributed by atoms with Gasteiger partial charge in [0.25, 0.3) is 0 Å². The number of aliphatic carboxylic acids is 1. The summed E-state index contributed by atoms with van der Waals surface area (Å²) in [6, 6.07) is 0. The van der Waals surface area contributed by atoms with Crippen LogP contribution in [0.2, 0.25) is 0 Å². The molecule has 0 unspecified atom stereocenters. The lowest BCUT2D eigenvalue weighted by atomic mass is 9.92. The van der Waals surface area contributed by atoms with E-state index in [9.17, 15) is 9.59 Å². The van der Waals surface area contributed by atoms with Crippen LogP contribution in [0.4, 0.5) is 0 Å². The summed E-state index contributed by atoms with van der Waals surface area (Å²) in [7, 11) is 0. The van der Waals surface area contributed by atoms with Crippen molar-refractivity contribution in [3.63, 3.8) is 0 Å². The molecule has 4 N–H and O–H groups in total. The molecule has 16 heavy (non-hydrogen) atoms. The molecule has 0 aromatic rings. The summed E-state index contributed by atoms with van der Waals surface area (Å²) in [5.41, 5.74) is 3.21. The molecule has 94 valence electrons. The zero-order valence-corrected chi connectivity index (χ0v) is 9.74. The number of aliphatic hydroxyl groups is 1. The summed E-state index contributed by atoms with van der Waals surface area (Å²) in [5, 5.41) is 17.6. The fourth-order valence-corrected chi connectivity index (χ4v) is 1.39. The molecule has 0 amide bonds. The molecule has 0 saturated carbocycles. The highest BCUT2D eigenvalue weighted by Crippen LogP contribution is 2.11. The quantitative estimate of drug-likeness (QED) is 0.400. The van der Waals surface area contributed by atoms with Gasteiger partial charge < -0.3 is 15.9 Å². The van der Waals surface area contributed by atoms with Gasteiger partial charge in [-0.1, -0.05) is 32.6 Å². The normalized spacial score (nSPS) is 14.4. The topological polar surface area (TPSA) is 101 Å². The van der Waals surface area contributed by atoms with Crippen molar-refractivity contribution >= 4 is 11.8 Å². The number of nitrogens with two attached hydrogens (primary N) is 1. The molecule has 0 aliphatic rings. The molecule has 0 aliphatic carbocycles. The average molecular weight is 231 g/mol. The minimum Gasteiger partial charge on any atom is -0.479 e. The number of carboxylic acids is 1. The van der Waals surface area contributed by atoms with E-state index in [1.807, 2.05) is 0 Å². The van der Waals surface area contributed by atoms with Crippen molar-refractivity contribution in [1.82, 2.24) is 0 Å². The Morgan fingerprint density at radius 2 is 1.75 bits per heavy atom. The highest BCUT2D eigenvalue weighted by atomic mass is 16.4. The van der Waals surface area contributed by atoms with E-state index in [4.69, 9.17) is 15.9 Å². The lowest BCUT2D eigenvalue weighted by Crippen LogP contribution is -2.57. The van der Waals surface area contributed by atoms with Gasteiger partial charge in [0, 0.05) is 6.42 Å². The lowest BCUT2D eigenvalue weighted by Gasteiger charge is -2.20. The van der Waals surface area contributed by atoms with Crippen molar-refractivity contribution < 1.29 is 19.8 Å². The molecule has 0 aliphatic heterocycles. The SMILES string of the molecule is CCCCCCCC(=O)[C@@](N)(CO)C(=O)O. The molecule has 0 rings (SSSR count). The maximum Gasteiger partial charge on any atom is 0.333 e. The summed E-state index contributed by atoms with van der Waals surface area (Å²) < 4.78 is 0. The number of unbranched alkanes of at least 4 members (excludes halogenated alkanes) is 4. The summed E-state index contributed by atoms with van der Waals surface area (Å²) >= 11 is 0. The van der Waals surface area contributed by atoms with Gasteiger partial charge in [-0.25, -0.2) is 4.79 Å². The number of carbonyl (C=O) groups excluding carboxylic acids is 1. The van der Waals surface area contributed by atoms with Gasteiger partial charge in [0.1, 0.15) is 0 Å². The van der Waals surface area contributed by atoms with Crippen molar-refractivity contribution in [2.45, 2.75) is 51.0 Å². The molecule has 0 heterocycles. The van der Waals surface area contributed by atoms with Gasteiger partial charge in [-0.05, 0) is 6.42 Å². The van der Waals surface area contributed by atoms with Crippen LogP contribution in [0.1, 0.15) is 45.4 Å². The van der Waals surface area contributed by atoms with Crippen molar-refractivity contribution in [3.8, 4) is 0 Å². The minimum absolute atomic E-state index is 0.118. The number of aliphatic hydroxyl groups excluding tert-OH is 1.